The van der Waals surface area contributed by atoms with Crippen molar-refractivity contribution in [1.29, 1.82) is 5.26 Å². The fourth-order valence-electron chi connectivity index (χ4n) is 6.69. The molecule has 2 bridgehead atoms. The first-order valence-corrected chi connectivity index (χ1v) is 13.5. The summed E-state index contributed by atoms with van der Waals surface area (Å²) in [6, 6.07) is 8.33. The van der Waals surface area contributed by atoms with Crippen molar-refractivity contribution >= 4 is 11.3 Å². The molecule has 1 aliphatic carbocycles. The predicted octanol–water partition coefficient (Wildman–Crippen LogP) is 2.63. The van der Waals surface area contributed by atoms with Gasteiger partial charge >= 0.3 is 0 Å². The van der Waals surface area contributed by atoms with Crippen molar-refractivity contribution in [2.45, 2.75) is 43.4 Å². The van der Waals surface area contributed by atoms with Gasteiger partial charge in [0, 0.05) is 75.0 Å². The Balaban J connectivity index is 1.07. The maximum atomic E-state index is 13.6. The molecule has 5 aliphatic rings. The Labute approximate surface area is 225 Å². The minimum Gasteiger partial charge on any atom is -0.491 e. The molecule has 3 aromatic rings. The van der Waals surface area contributed by atoms with Gasteiger partial charge in [-0.15, -0.1) is 0 Å². The van der Waals surface area contributed by atoms with Crippen molar-refractivity contribution in [3.63, 3.8) is 0 Å². The number of pyridine rings is 2. The van der Waals surface area contributed by atoms with Crippen molar-refractivity contribution in [2.75, 3.05) is 50.8 Å². The average molecular weight is 536 g/mol. The Morgan fingerprint density at radius 1 is 1.23 bits per heavy atom. The van der Waals surface area contributed by atoms with Crippen molar-refractivity contribution in [2.24, 2.45) is 5.92 Å². The highest BCUT2D eigenvalue weighted by atomic mass is 19.3. The Kier molecular flexibility index (Phi) is 5.60. The summed E-state index contributed by atoms with van der Waals surface area (Å²) in [5.74, 6) is -0.824. The van der Waals surface area contributed by atoms with Crippen LogP contribution >= 0.6 is 0 Å². The lowest BCUT2D eigenvalue weighted by Crippen LogP contribution is -2.70. The normalized spacial score (nSPS) is 28.3. The summed E-state index contributed by atoms with van der Waals surface area (Å²) in [6.07, 6.45) is 6.98. The van der Waals surface area contributed by atoms with E-state index in [1.54, 1.807) is 23.1 Å². The van der Waals surface area contributed by atoms with Crippen LogP contribution in [0.2, 0.25) is 0 Å². The van der Waals surface area contributed by atoms with E-state index < -0.39 is 11.5 Å². The molecule has 0 amide bonds. The Bertz CT molecular complexity index is 1440. The number of nitriles is 1. The maximum absolute atomic E-state index is 13.6. The number of β-amino-alcohol motifs (C(OH)–C–C–N with tert-alkyl or cyclic N) is 1. The molecule has 4 aliphatic heterocycles. The number of fused-ring (bicyclic) bond motifs is 4. The Morgan fingerprint density at radius 2 is 2.05 bits per heavy atom. The van der Waals surface area contributed by atoms with E-state index in [0.717, 1.165) is 49.8 Å². The van der Waals surface area contributed by atoms with Crippen LogP contribution in [-0.4, -0.2) is 99.0 Å². The minimum absolute atomic E-state index is 0.128. The van der Waals surface area contributed by atoms with Gasteiger partial charge in [0.25, 0.3) is 5.92 Å². The summed E-state index contributed by atoms with van der Waals surface area (Å²) in [4.78, 5) is 11.0. The number of rotatable bonds is 8. The zero-order valence-corrected chi connectivity index (χ0v) is 21.8. The summed E-state index contributed by atoms with van der Waals surface area (Å²) in [7, 11) is 0. The quantitative estimate of drug-likeness (QED) is 0.471. The molecular formula is C28H31F2N7O2. The number of hydrogen-bond donors (Lipinski definition) is 1. The van der Waals surface area contributed by atoms with Crippen molar-refractivity contribution in [1.82, 2.24) is 24.4 Å². The highest BCUT2D eigenvalue weighted by Crippen LogP contribution is 2.49. The van der Waals surface area contributed by atoms with E-state index in [0.29, 0.717) is 49.0 Å². The van der Waals surface area contributed by atoms with Crippen LogP contribution in [0.4, 0.5) is 14.6 Å². The van der Waals surface area contributed by atoms with Crippen molar-refractivity contribution in [3.8, 4) is 22.9 Å². The first-order chi connectivity index (χ1) is 18.7. The van der Waals surface area contributed by atoms with E-state index in [1.165, 1.54) is 0 Å². The standard InChI is InChI=1S/C28H31F2N7O2/c1-27(29,30)16-36-21-6-22(36)14-35(13-21)25-3-2-18(10-32-25)24-7-23(15-37-26(24)19(9-31)11-33-37)39-5-4-34-12-20-8-28(20,38)17-34/h2-3,7,10-11,15,20-22,38H,4-6,8,12-14,16-17H2,1H3. The van der Waals surface area contributed by atoms with E-state index in [1.807, 2.05) is 23.1 Å². The third-order valence-corrected chi connectivity index (χ3v) is 8.75. The fraction of sp³-hybridized carbons (Fsp3) is 0.536. The topological polar surface area (TPSA) is 93.2 Å². The zero-order valence-electron chi connectivity index (χ0n) is 21.8. The number of halogens is 2. The van der Waals surface area contributed by atoms with Gasteiger partial charge < -0.3 is 14.7 Å². The van der Waals surface area contributed by atoms with Crippen LogP contribution in [-0.2, 0) is 0 Å². The summed E-state index contributed by atoms with van der Waals surface area (Å²) in [6.45, 7) is 4.99. The lowest BCUT2D eigenvalue weighted by atomic mass is 9.87. The highest BCUT2D eigenvalue weighted by Gasteiger charge is 2.58. The van der Waals surface area contributed by atoms with Crippen LogP contribution in [0.3, 0.4) is 0 Å². The van der Waals surface area contributed by atoms with Gasteiger partial charge in [0.15, 0.2) is 0 Å². The second-order valence-electron chi connectivity index (χ2n) is 11.7. The number of nitrogens with zero attached hydrogens (tertiary/aromatic N) is 7. The first-order valence-electron chi connectivity index (χ1n) is 13.5. The van der Waals surface area contributed by atoms with Crippen LogP contribution in [0.25, 0.3) is 16.6 Å². The molecule has 4 saturated heterocycles. The zero-order chi connectivity index (χ0) is 26.9. The Hall–Kier alpha value is -3.33. The SMILES string of the molecule is CC(F)(F)CN1C2CC1CN(c1ccc(-c3cc(OCCN4CC5CC5(O)C4)cn4ncc(C#N)c34)cn1)C2. The third-order valence-electron chi connectivity index (χ3n) is 8.75. The molecule has 39 heavy (non-hydrogen) atoms. The van der Waals surface area contributed by atoms with E-state index in [4.69, 9.17) is 9.72 Å². The maximum Gasteiger partial charge on any atom is 0.257 e. The summed E-state index contributed by atoms with van der Waals surface area (Å²) in [5, 5.41) is 24.3. The number of piperidine rings is 2. The van der Waals surface area contributed by atoms with Gasteiger partial charge in [-0.05, 0) is 31.0 Å². The Morgan fingerprint density at radius 3 is 2.72 bits per heavy atom. The number of likely N-dealkylation sites (tertiary alicyclic amines) is 1. The van der Waals surface area contributed by atoms with E-state index >= 15 is 0 Å². The third kappa shape index (κ3) is 4.50. The minimum atomic E-state index is -2.69. The number of aromatic nitrogens is 3. The molecule has 7 heterocycles. The van der Waals surface area contributed by atoms with Crippen LogP contribution in [0.15, 0.2) is 36.8 Å². The van der Waals surface area contributed by atoms with Gasteiger partial charge in [-0.2, -0.15) is 10.4 Å². The monoisotopic (exact) mass is 535 g/mol. The van der Waals surface area contributed by atoms with Gasteiger partial charge in [0.1, 0.15) is 24.2 Å². The summed E-state index contributed by atoms with van der Waals surface area (Å²) < 4.78 is 34.9. The molecule has 0 radical (unpaired) electrons. The molecule has 4 unspecified atom stereocenters. The first kappa shape index (κ1) is 24.7. The van der Waals surface area contributed by atoms with Gasteiger partial charge in [-0.25, -0.2) is 18.3 Å². The summed E-state index contributed by atoms with van der Waals surface area (Å²) >= 11 is 0. The lowest BCUT2D eigenvalue weighted by molar-refractivity contribution is -0.0876. The molecule has 4 atom stereocenters. The molecule has 5 fully saturated rings. The van der Waals surface area contributed by atoms with Crippen LogP contribution in [0.1, 0.15) is 25.3 Å². The predicted molar refractivity (Wildman–Crippen MR) is 140 cm³/mol. The van der Waals surface area contributed by atoms with Crippen molar-refractivity contribution < 1.29 is 18.6 Å². The largest absolute Gasteiger partial charge is 0.491 e. The second-order valence-corrected chi connectivity index (χ2v) is 11.7. The molecule has 8 rings (SSSR count). The van der Waals surface area contributed by atoms with Crippen molar-refractivity contribution in [3.05, 3.63) is 42.4 Å². The molecule has 204 valence electrons. The van der Waals surface area contributed by atoms with Gasteiger partial charge in [-0.1, -0.05) is 0 Å². The lowest BCUT2D eigenvalue weighted by Gasteiger charge is -2.57. The number of ether oxygens (including phenoxy) is 1. The number of alkyl halides is 2. The smallest absolute Gasteiger partial charge is 0.257 e. The molecule has 0 spiro atoms. The van der Waals surface area contributed by atoms with Gasteiger partial charge in [-0.3, -0.25) is 9.80 Å². The van der Waals surface area contributed by atoms with E-state index in [-0.39, 0.29) is 18.6 Å². The van der Waals surface area contributed by atoms with Crippen LogP contribution in [0.5, 0.6) is 5.75 Å². The molecule has 1 saturated carbocycles. The molecule has 1 N–H and O–H groups in total. The van der Waals surface area contributed by atoms with Gasteiger partial charge in [0.2, 0.25) is 0 Å². The average Bonchev–Trinajstić information content (AvgIpc) is 3.21. The summed E-state index contributed by atoms with van der Waals surface area (Å²) in [5.41, 5.74) is 2.31. The van der Waals surface area contributed by atoms with Crippen LogP contribution < -0.4 is 9.64 Å². The molecular weight excluding hydrogens is 504 g/mol. The van der Waals surface area contributed by atoms with Crippen LogP contribution in [0, 0.1) is 17.2 Å². The number of piperazine rings is 1. The molecule has 9 nitrogen and oxygen atoms in total. The molecule has 0 aromatic carbocycles. The van der Waals surface area contributed by atoms with E-state index in [2.05, 4.69) is 21.0 Å². The van der Waals surface area contributed by atoms with E-state index in [9.17, 15) is 19.1 Å². The fourth-order valence-corrected chi connectivity index (χ4v) is 6.69. The number of aliphatic hydroxyl groups is 1. The molecule has 11 heteroatoms. The molecule has 3 aromatic heterocycles. The second kappa shape index (κ2) is 8.84. The van der Waals surface area contributed by atoms with Gasteiger partial charge in [0.05, 0.1) is 35.6 Å². The number of hydrogen-bond acceptors (Lipinski definition) is 8. The number of anilines is 1. The highest BCUT2D eigenvalue weighted by molar-refractivity contribution is 5.85.